The van der Waals surface area contributed by atoms with Crippen molar-refractivity contribution in [3.8, 4) is 5.75 Å². The quantitative estimate of drug-likeness (QED) is 0.725. The van der Waals surface area contributed by atoms with Gasteiger partial charge in [-0.2, -0.15) is 0 Å². The van der Waals surface area contributed by atoms with Crippen LogP contribution in [-0.2, 0) is 6.54 Å². The second-order valence-corrected chi connectivity index (χ2v) is 7.03. The molecule has 0 atom stereocenters. The van der Waals surface area contributed by atoms with E-state index in [4.69, 9.17) is 4.74 Å². The Morgan fingerprint density at radius 1 is 1.25 bits per heavy atom. The van der Waals surface area contributed by atoms with Gasteiger partial charge < -0.3 is 4.74 Å². The largest absolute Gasteiger partial charge is 0.492 e. The first-order valence-electron chi connectivity index (χ1n) is 6.96. The highest BCUT2D eigenvalue weighted by Gasteiger charge is 2.28. The van der Waals surface area contributed by atoms with Gasteiger partial charge in [0.25, 0.3) is 0 Å². The lowest BCUT2D eigenvalue weighted by molar-refractivity contribution is 0.196. The average molecular weight is 352 g/mol. The summed E-state index contributed by atoms with van der Waals surface area (Å²) < 4.78 is 6.91. The van der Waals surface area contributed by atoms with Crippen LogP contribution in [0.25, 0.3) is 0 Å². The van der Waals surface area contributed by atoms with E-state index in [0.29, 0.717) is 0 Å². The first kappa shape index (κ1) is 14.1. The number of benzene rings is 1. The molecule has 0 aliphatic heterocycles. The highest BCUT2D eigenvalue weighted by molar-refractivity contribution is 9.10. The normalized spacial score (nSPS) is 14.7. The Labute approximate surface area is 132 Å². The maximum Gasteiger partial charge on any atom is 0.120 e. The monoisotopic (exact) mass is 351 g/mol. The summed E-state index contributed by atoms with van der Waals surface area (Å²) in [6, 6.07) is 13.2. The molecule has 1 saturated carbocycles. The van der Waals surface area contributed by atoms with Gasteiger partial charge >= 0.3 is 0 Å². The molecule has 3 rings (SSSR count). The van der Waals surface area contributed by atoms with E-state index in [-0.39, 0.29) is 0 Å². The number of halogens is 1. The summed E-state index contributed by atoms with van der Waals surface area (Å²) in [7, 11) is 0. The van der Waals surface area contributed by atoms with Crippen LogP contribution in [0.5, 0.6) is 5.75 Å². The fourth-order valence-electron chi connectivity index (χ4n) is 2.27. The van der Waals surface area contributed by atoms with Gasteiger partial charge in [-0.1, -0.05) is 28.1 Å². The lowest BCUT2D eigenvalue weighted by atomic mass is 10.3. The molecule has 1 fully saturated rings. The first-order valence-corrected chi connectivity index (χ1v) is 8.63. The second kappa shape index (κ2) is 6.74. The maximum atomic E-state index is 5.85. The van der Waals surface area contributed by atoms with Crippen molar-refractivity contribution in [2.45, 2.75) is 25.4 Å². The van der Waals surface area contributed by atoms with Gasteiger partial charge in [0.15, 0.2) is 0 Å². The average Bonchev–Trinajstić information content (AvgIpc) is 3.16. The first-order chi connectivity index (χ1) is 9.81. The Morgan fingerprint density at radius 2 is 2.15 bits per heavy atom. The molecule has 0 unspecified atom stereocenters. The molecule has 4 heteroatoms. The SMILES string of the molecule is Brc1cccc(OCCN(Cc2cccs2)C2CC2)c1. The molecule has 1 heterocycles. The van der Waals surface area contributed by atoms with Gasteiger partial charge in [-0.25, -0.2) is 0 Å². The zero-order chi connectivity index (χ0) is 13.8. The van der Waals surface area contributed by atoms with E-state index < -0.39 is 0 Å². The van der Waals surface area contributed by atoms with E-state index in [1.54, 1.807) is 0 Å². The van der Waals surface area contributed by atoms with Crippen LogP contribution in [0.3, 0.4) is 0 Å². The molecule has 0 N–H and O–H groups in total. The summed E-state index contributed by atoms with van der Waals surface area (Å²) in [5.41, 5.74) is 0. The molecule has 0 radical (unpaired) electrons. The van der Waals surface area contributed by atoms with Gasteiger partial charge in [0.1, 0.15) is 12.4 Å². The van der Waals surface area contributed by atoms with E-state index in [9.17, 15) is 0 Å². The third-order valence-corrected chi connectivity index (χ3v) is 4.80. The third kappa shape index (κ3) is 4.08. The van der Waals surface area contributed by atoms with Crippen molar-refractivity contribution < 1.29 is 4.74 Å². The summed E-state index contributed by atoms with van der Waals surface area (Å²) in [6.07, 6.45) is 2.67. The Hall–Kier alpha value is -0.840. The van der Waals surface area contributed by atoms with Gasteiger partial charge in [-0.3, -0.25) is 4.90 Å². The van der Waals surface area contributed by atoms with Crippen molar-refractivity contribution in [3.05, 3.63) is 51.1 Å². The molecular formula is C16H18BrNOS. The molecule has 1 aliphatic carbocycles. The lowest BCUT2D eigenvalue weighted by Crippen LogP contribution is -2.29. The van der Waals surface area contributed by atoms with Crippen molar-refractivity contribution in [2.75, 3.05) is 13.2 Å². The van der Waals surface area contributed by atoms with Crippen LogP contribution < -0.4 is 4.74 Å². The van der Waals surface area contributed by atoms with Crippen LogP contribution in [-0.4, -0.2) is 24.1 Å². The molecule has 0 saturated heterocycles. The van der Waals surface area contributed by atoms with Crippen molar-refractivity contribution in [2.24, 2.45) is 0 Å². The molecule has 2 aromatic rings. The molecule has 1 aliphatic rings. The summed E-state index contributed by atoms with van der Waals surface area (Å²) in [6.45, 7) is 2.80. The van der Waals surface area contributed by atoms with E-state index in [0.717, 1.165) is 36.0 Å². The predicted octanol–water partition coefficient (Wildman–Crippen LogP) is 4.55. The highest BCUT2D eigenvalue weighted by atomic mass is 79.9. The number of hydrogen-bond donors (Lipinski definition) is 0. The number of ether oxygens (including phenoxy) is 1. The van der Waals surface area contributed by atoms with Gasteiger partial charge in [0.05, 0.1) is 0 Å². The number of hydrogen-bond acceptors (Lipinski definition) is 3. The van der Waals surface area contributed by atoms with Crippen LogP contribution in [0.2, 0.25) is 0 Å². The van der Waals surface area contributed by atoms with Gasteiger partial charge in [0.2, 0.25) is 0 Å². The summed E-state index contributed by atoms with van der Waals surface area (Å²) in [5.74, 6) is 0.936. The van der Waals surface area contributed by atoms with Crippen molar-refractivity contribution in [3.63, 3.8) is 0 Å². The van der Waals surface area contributed by atoms with E-state index in [1.807, 2.05) is 35.6 Å². The Bertz CT molecular complexity index is 539. The molecule has 0 amide bonds. The minimum Gasteiger partial charge on any atom is -0.492 e. The topological polar surface area (TPSA) is 12.5 Å². The van der Waals surface area contributed by atoms with Gasteiger partial charge in [-0.15, -0.1) is 11.3 Å². The Morgan fingerprint density at radius 3 is 2.85 bits per heavy atom. The smallest absolute Gasteiger partial charge is 0.120 e. The fourth-order valence-corrected chi connectivity index (χ4v) is 3.38. The molecule has 106 valence electrons. The maximum absolute atomic E-state index is 5.85. The fraction of sp³-hybridized carbons (Fsp3) is 0.375. The minimum absolute atomic E-state index is 0.748. The molecule has 1 aromatic heterocycles. The van der Waals surface area contributed by atoms with E-state index in [2.05, 4.69) is 38.3 Å². The number of nitrogens with zero attached hydrogens (tertiary/aromatic N) is 1. The Balaban J connectivity index is 1.50. The molecule has 0 bridgehead atoms. The second-order valence-electron chi connectivity index (χ2n) is 5.09. The van der Waals surface area contributed by atoms with Crippen LogP contribution >= 0.6 is 27.3 Å². The molecular weight excluding hydrogens is 334 g/mol. The number of rotatable bonds is 7. The number of thiophene rings is 1. The van der Waals surface area contributed by atoms with Crippen LogP contribution in [0, 0.1) is 0 Å². The minimum atomic E-state index is 0.748. The van der Waals surface area contributed by atoms with Crippen molar-refractivity contribution >= 4 is 27.3 Å². The zero-order valence-corrected chi connectivity index (χ0v) is 13.7. The van der Waals surface area contributed by atoms with Crippen LogP contribution in [0.1, 0.15) is 17.7 Å². The van der Waals surface area contributed by atoms with E-state index >= 15 is 0 Å². The summed E-state index contributed by atoms with van der Waals surface area (Å²) >= 11 is 5.31. The molecule has 1 aromatic carbocycles. The van der Waals surface area contributed by atoms with Crippen molar-refractivity contribution in [1.29, 1.82) is 0 Å². The van der Waals surface area contributed by atoms with Crippen molar-refractivity contribution in [1.82, 2.24) is 4.90 Å². The highest BCUT2D eigenvalue weighted by Crippen LogP contribution is 2.29. The molecule has 0 spiro atoms. The zero-order valence-electron chi connectivity index (χ0n) is 11.3. The predicted molar refractivity (Wildman–Crippen MR) is 87.4 cm³/mol. The Kier molecular flexibility index (Phi) is 4.76. The standard InChI is InChI=1S/C16H18BrNOS/c17-13-3-1-4-15(11-13)19-9-8-18(14-6-7-14)12-16-5-2-10-20-16/h1-5,10-11,14H,6-9,12H2. The van der Waals surface area contributed by atoms with Gasteiger partial charge in [0, 0.05) is 28.5 Å². The lowest BCUT2D eigenvalue weighted by Gasteiger charge is -2.21. The molecule has 2 nitrogen and oxygen atoms in total. The van der Waals surface area contributed by atoms with E-state index in [1.165, 1.54) is 17.7 Å². The molecule has 20 heavy (non-hydrogen) atoms. The summed E-state index contributed by atoms with van der Waals surface area (Å²) in [5, 5.41) is 2.15. The third-order valence-electron chi connectivity index (χ3n) is 3.45. The van der Waals surface area contributed by atoms with Gasteiger partial charge in [-0.05, 0) is 42.5 Å². The van der Waals surface area contributed by atoms with Crippen LogP contribution in [0.15, 0.2) is 46.3 Å². The van der Waals surface area contributed by atoms with Crippen LogP contribution in [0.4, 0.5) is 0 Å². The summed E-state index contributed by atoms with van der Waals surface area (Å²) in [4.78, 5) is 3.99.